The van der Waals surface area contributed by atoms with E-state index in [-0.39, 0.29) is 24.0 Å². The zero-order valence-electron chi connectivity index (χ0n) is 17.9. The monoisotopic (exact) mass is 434 g/mol. The van der Waals surface area contributed by atoms with Gasteiger partial charge in [0.25, 0.3) is 5.91 Å². The quantitative estimate of drug-likeness (QED) is 0.326. The van der Waals surface area contributed by atoms with Crippen LogP contribution in [-0.2, 0) is 13.2 Å². The summed E-state index contributed by atoms with van der Waals surface area (Å²) in [6, 6.07) is 11.3. The summed E-state index contributed by atoms with van der Waals surface area (Å²) in [7, 11) is 1.72. The molecule has 0 aliphatic rings. The average molecular weight is 434 g/mol. The lowest BCUT2D eigenvalue weighted by Crippen LogP contribution is -2.27. The van der Waals surface area contributed by atoms with Crippen LogP contribution in [0.2, 0.25) is 0 Å². The Morgan fingerprint density at radius 1 is 1.12 bits per heavy atom. The molecule has 0 unspecified atom stereocenters. The van der Waals surface area contributed by atoms with E-state index >= 15 is 0 Å². The highest BCUT2D eigenvalue weighted by Crippen LogP contribution is 2.21. The molecule has 4 rings (SSSR count). The summed E-state index contributed by atoms with van der Waals surface area (Å²) in [5.74, 6) is -0.223. The Kier molecular flexibility index (Phi) is 5.54. The summed E-state index contributed by atoms with van der Waals surface area (Å²) >= 11 is 0. The summed E-state index contributed by atoms with van der Waals surface area (Å²) in [6.07, 6.45) is 5.24. The number of amides is 1. The normalized spacial score (nSPS) is 11.0. The van der Waals surface area contributed by atoms with Gasteiger partial charge in [0, 0.05) is 32.2 Å². The van der Waals surface area contributed by atoms with Gasteiger partial charge in [-0.3, -0.25) is 19.6 Å². The first-order chi connectivity index (χ1) is 15.3. The second-order valence-electron chi connectivity index (χ2n) is 7.44. The van der Waals surface area contributed by atoms with Gasteiger partial charge in [0.15, 0.2) is 0 Å². The molecule has 0 radical (unpaired) electrons. The zero-order valence-corrected chi connectivity index (χ0v) is 17.9. The molecule has 11 nitrogen and oxygen atoms in total. The Balaban J connectivity index is 1.42. The molecule has 11 heteroatoms. The van der Waals surface area contributed by atoms with Gasteiger partial charge in [-0.1, -0.05) is 12.1 Å². The third-order valence-electron chi connectivity index (χ3n) is 5.14. The van der Waals surface area contributed by atoms with Crippen molar-refractivity contribution in [3.05, 3.63) is 87.7 Å². The van der Waals surface area contributed by atoms with E-state index in [0.717, 1.165) is 11.3 Å². The fraction of sp³-hybridized carbons (Fsp3) is 0.238. The second-order valence-corrected chi connectivity index (χ2v) is 7.44. The summed E-state index contributed by atoms with van der Waals surface area (Å²) in [5.41, 5.74) is 2.98. The average Bonchev–Trinajstić information content (AvgIpc) is 3.50. The molecule has 1 aromatic carbocycles. The molecule has 0 aliphatic carbocycles. The van der Waals surface area contributed by atoms with E-state index in [4.69, 9.17) is 0 Å². The molecule has 0 spiro atoms. The van der Waals surface area contributed by atoms with E-state index in [1.807, 2.05) is 36.5 Å². The Bertz CT molecular complexity index is 1250. The minimum atomic E-state index is -0.442. The van der Waals surface area contributed by atoms with Crippen LogP contribution < -0.4 is 0 Å². The van der Waals surface area contributed by atoms with Crippen LogP contribution in [0.1, 0.15) is 27.4 Å². The number of hydrogen-bond donors (Lipinski definition) is 0. The largest absolute Gasteiger partial charge is 0.336 e. The molecule has 0 aliphatic heterocycles. The number of carbonyl (C=O) groups is 1. The summed E-state index contributed by atoms with van der Waals surface area (Å²) in [6.45, 7) is 3.83. The molecule has 4 aromatic rings. The molecular formula is C21H22N8O3. The van der Waals surface area contributed by atoms with Gasteiger partial charge in [-0.05, 0) is 43.7 Å². The van der Waals surface area contributed by atoms with Crippen LogP contribution in [0.3, 0.4) is 0 Å². The lowest BCUT2D eigenvalue weighted by Gasteiger charge is -2.16. The van der Waals surface area contributed by atoms with Crippen molar-refractivity contribution < 1.29 is 9.72 Å². The summed E-state index contributed by atoms with van der Waals surface area (Å²) in [5, 5.41) is 23.9. The van der Waals surface area contributed by atoms with Gasteiger partial charge in [-0.15, -0.1) is 0 Å². The van der Waals surface area contributed by atoms with E-state index in [0.29, 0.717) is 17.9 Å². The minimum absolute atomic E-state index is 0.00763. The molecule has 0 bridgehead atoms. The maximum absolute atomic E-state index is 12.8. The standard InChI is InChI=1S/C21H22N8O3/c1-15-20(29(31)32)16(2)28(23-15)14-26-12-9-19(24-26)21(30)25(3)13-17-5-7-18(8-6-17)27-11-4-10-22-27/h4-12H,13-14H2,1-3H3. The molecular weight excluding hydrogens is 412 g/mol. The first-order valence-electron chi connectivity index (χ1n) is 9.90. The number of aryl methyl sites for hydroxylation is 1. The van der Waals surface area contributed by atoms with E-state index in [9.17, 15) is 14.9 Å². The molecule has 0 fully saturated rings. The predicted molar refractivity (Wildman–Crippen MR) is 115 cm³/mol. The molecule has 1 amide bonds. The maximum Gasteiger partial charge on any atom is 0.312 e. The van der Waals surface area contributed by atoms with Crippen molar-refractivity contribution in [3.63, 3.8) is 0 Å². The highest BCUT2D eigenvalue weighted by atomic mass is 16.6. The van der Waals surface area contributed by atoms with Crippen LogP contribution in [0, 0.1) is 24.0 Å². The molecule has 164 valence electrons. The third kappa shape index (κ3) is 4.13. The van der Waals surface area contributed by atoms with E-state index < -0.39 is 4.92 Å². The van der Waals surface area contributed by atoms with Crippen LogP contribution in [0.15, 0.2) is 55.0 Å². The van der Waals surface area contributed by atoms with Gasteiger partial charge in [0.1, 0.15) is 23.8 Å². The molecule has 3 aromatic heterocycles. The summed E-state index contributed by atoms with van der Waals surface area (Å²) < 4.78 is 4.80. The Labute approximate surface area is 183 Å². The van der Waals surface area contributed by atoms with Crippen LogP contribution in [0.4, 0.5) is 5.69 Å². The van der Waals surface area contributed by atoms with Crippen molar-refractivity contribution >= 4 is 11.6 Å². The van der Waals surface area contributed by atoms with Crippen LogP contribution in [0.5, 0.6) is 0 Å². The van der Waals surface area contributed by atoms with E-state index in [1.54, 1.807) is 48.9 Å². The van der Waals surface area contributed by atoms with Crippen molar-refractivity contribution in [2.45, 2.75) is 27.1 Å². The van der Waals surface area contributed by atoms with Crippen molar-refractivity contribution in [2.75, 3.05) is 7.05 Å². The van der Waals surface area contributed by atoms with Gasteiger partial charge >= 0.3 is 5.69 Å². The number of carbonyl (C=O) groups excluding carboxylic acids is 1. The number of nitrogens with zero attached hydrogens (tertiary/aromatic N) is 8. The van der Waals surface area contributed by atoms with Gasteiger partial charge < -0.3 is 4.90 Å². The van der Waals surface area contributed by atoms with Crippen molar-refractivity contribution in [2.24, 2.45) is 0 Å². The Hall–Kier alpha value is -4.28. The molecule has 0 saturated heterocycles. The minimum Gasteiger partial charge on any atom is -0.336 e. The third-order valence-corrected chi connectivity index (χ3v) is 5.14. The van der Waals surface area contributed by atoms with Gasteiger partial charge in [-0.25, -0.2) is 9.36 Å². The number of benzene rings is 1. The number of rotatable bonds is 7. The van der Waals surface area contributed by atoms with E-state index in [2.05, 4.69) is 15.3 Å². The second kappa shape index (κ2) is 8.46. The van der Waals surface area contributed by atoms with Crippen LogP contribution in [0.25, 0.3) is 5.69 Å². The molecule has 3 heterocycles. The molecule has 0 saturated carbocycles. The number of nitro groups is 1. The van der Waals surface area contributed by atoms with Gasteiger partial charge in [-0.2, -0.15) is 15.3 Å². The zero-order chi connectivity index (χ0) is 22.8. The molecule has 0 N–H and O–H groups in total. The highest BCUT2D eigenvalue weighted by Gasteiger charge is 2.22. The molecule has 0 atom stereocenters. The van der Waals surface area contributed by atoms with Gasteiger partial charge in [0.05, 0.1) is 10.6 Å². The fourth-order valence-electron chi connectivity index (χ4n) is 3.50. The van der Waals surface area contributed by atoms with Crippen LogP contribution in [-0.4, -0.2) is 52.1 Å². The van der Waals surface area contributed by atoms with Crippen molar-refractivity contribution in [1.82, 2.24) is 34.2 Å². The highest BCUT2D eigenvalue weighted by molar-refractivity contribution is 5.91. The summed E-state index contributed by atoms with van der Waals surface area (Å²) in [4.78, 5) is 25.1. The smallest absolute Gasteiger partial charge is 0.312 e. The first-order valence-corrected chi connectivity index (χ1v) is 9.90. The number of aromatic nitrogens is 6. The predicted octanol–water partition coefficient (Wildman–Crippen LogP) is 2.57. The lowest BCUT2D eigenvalue weighted by atomic mass is 10.2. The first kappa shape index (κ1) is 21.0. The maximum atomic E-state index is 12.8. The fourth-order valence-corrected chi connectivity index (χ4v) is 3.50. The van der Waals surface area contributed by atoms with Crippen molar-refractivity contribution in [3.8, 4) is 5.69 Å². The molecule has 32 heavy (non-hydrogen) atoms. The van der Waals surface area contributed by atoms with Crippen LogP contribution >= 0.6 is 0 Å². The van der Waals surface area contributed by atoms with Crippen molar-refractivity contribution in [1.29, 1.82) is 0 Å². The van der Waals surface area contributed by atoms with Gasteiger partial charge in [0.2, 0.25) is 0 Å². The SMILES string of the molecule is Cc1nn(Cn2ccc(C(=O)N(C)Cc3ccc(-n4cccn4)cc3)n2)c(C)c1[N+](=O)[O-]. The Morgan fingerprint density at radius 2 is 1.88 bits per heavy atom. The number of hydrogen-bond acceptors (Lipinski definition) is 6. The van der Waals surface area contributed by atoms with E-state index in [1.165, 1.54) is 9.36 Å². The lowest BCUT2D eigenvalue weighted by molar-refractivity contribution is -0.386. The Morgan fingerprint density at radius 3 is 2.50 bits per heavy atom. The topological polar surface area (TPSA) is 117 Å².